The van der Waals surface area contributed by atoms with Crippen LogP contribution in [-0.2, 0) is 14.3 Å². The molecule has 0 aromatic rings. The Morgan fingerprint density at radius 1 is 1.29 bits per heavy atom. The summed E-state index contributed by atoms with van der Waals surface area (Å²) in [4.78, 5) is 11.0. The van der Waals surface area contributed by atoms with Crippen molar-refractivity contribution in [3.8, 4) is 0 Å². The third kappa shape index (κ3) is 9.52. The van der Waals surface area contributed by atoms with Gasteiger partial charge in [-0.25, -0.2) is 4.79 Å². The van der Waals surface area contributed by atoms with E-state index in [0.29, 0.717) is 18.6 Å². The molecule has 0 aliphatic carbocycles. The number of rotatable bonds is 6. The van der Waals surface area contributed by atoms with Crippen LogP contribution in [0.4, 0.5) is 0 Å². The predicted octanol–water partition coefficient (Wildman–Crippen LogP) is 2.39. The number of esters is 1. The molecule has 14 heavy (non-hydrogen) atoms. The van der Waals surface area contributed by atoms with Crippen molar-refractivity contribution in [2.45, 2.75) is 40.5 Å². The Kier molecular flexibility index (Phi) is 6.54. The van der Waals surface area contributed by atoms with E-state index in [1.165, 1.54) is 0 Å². The molecule has 0 unspecified atom stereocenters. The Morgan fingerprint density at radius 3 is 2.43 bits per heavy atom. The van der Waals surface area contributed by atoms with Gasteiger partial charge in [0.1, 0.15) is 6.61 Å². The van der Waals surface area contributed by atoms with Crippen molar-refractivity contribution in [2.75, 3.05) is 19.8 Å². The lowest BCUT2D eigenvalue weighted by Crippen LogP contribution is -2.14. The van der Waals surface area contributed by atoms with Crippen molar-refractivity contribution in [1.29, 1.82) is 0 Å². The minimum Gasteiger partial charge on any atom is -0.464 e. The first-order valence-electron chi connectivity index (χ1n) is 5.19. The molecule has 84 valence electrons. The molecule has 3 nitrogen and oxygen atoms in total. The summed E-state index contributed by atoms with van der Waals surface area (Å²) in [6.07, 6.45) is 1.98. The second kappa shape index (κ2) is 6.82. The van der Waals surface area contributed by atoms with E-state index in [1.807, 2.05) is 6.92 Å². The van der Waals surface area contributed by atoms with E-state index < -0.39 is 0 Å². The fraction of sp³-hybridized carbons (Fsp3) is 0.909. The maximum Gasteiger partial charge on any atom is 0.332 e. The second-order valence-electron chi connectivity index (χ2n) is 4.52. The summed E-state index contributed by atoms with van der Waals surface area (Å²) in [6.45, 7) is 9.51. The van der Waals surface area contributed by atoms with Gasteiger partial charge in [-0.1, -0.05) is 20.8 Å². The summed E-state index contributed by atoms with van der Waals surface area (Å²) in [5, 5.41) is 0. The highest BCUT2D eigenvalue weighted by Crippen LogP contribution is 2.20. The van der Waals surface area contributed by atoms with Gasteiger partial charge < -0.3 is 9.47 Å². The molecule has 0 saturated carbocycles. The summed E-state index contributed by atoms with van der Waals surface area (Å²) >= 11 is 0. The molecule has 0 atom stereocenters. The van der Waals surface area contributed by atoms with Crippen LogP contribution >= 0.6 is 0 Å². The fourth-order valence-electron chi connectivity index (χ4n) is 1.02. The Bertz CT molecular complexity index is 158. The average Bonchev–Trinajstić information content (AvgIpc) is 2.07. The topological polar surface area (TPSA) is 35.5 Å². The van der Waals surface area contributed by atoms with E-state index in [0.717, 1.165) is 12.8 Å². The minimum absolute atomic E-state index is 0.0754. The van der Waals surface area contributed by atoms with Crippen molar-refractivity contribution in [1.82, 2.24) is 0 Å². The zero-order valence-corrected chi connectivity index (χ0v) is 9.76. The van der Waals surface area contributed by atoms with Crippen molar-refractivity contribution >= 4 is 5.97 Å². The molecule has 0 amide bonds. The first-order chi connectivity index (χ1) is 6.45. The molecule has 0 saturated heterocycles. The maximum atomic E-state index is 11.0. The van der Waals surface area contributed by atoms with Crippen molar-refractivity contribution < 1.29 is 14.3 Å². The number of hydrogen-bond donors (Lipinski definition) is 0. The maximum absolute atomic E-state index is 11.0. The van der Waals surface area contributed by atoms with Gasteiger partial charge >= 0.3 is 5.97 Å². The highest BCUT2D eigenvalue weighted by Gasteiger charge is 2.10. The molecule has 0 aliphatic heterocycles. The third-order valence-corrected chi connectivity index (χ3v) is 1.76. The second-order valence-corrected chi connectivity index (χ2v) is 4.52. The number of carbonyl (C=O) groups excluding carboxylic acids is 1. The molecule has 0 aromatic heterocycles. The van der Waals surface area contributed by atoms with Crippen LogP contribution in [0.15, 0.2) is 0 Å². The highest BCUT2D eigenvalue weighted by molar-refractivity contribution is 5.70. The summed E-state index contributed by atoms with van der Waals surface area (Å²) in [5.74, 6) is -0.263. The van der Waals surface area contributed by atoms with Crippen LogP contribution in [0, 0.1) is 5.41 Å². The lowest BCUT2D eigenvalue weighted by molar-refractivity contribution is -0.149. The average molecular weight is 202 g/mol. The lowest BCUT2D eigenvalue weighted by atomic mass is 9.91. The van der Waals surface area contributed by atoms with E-state index in [4.69, 9.17) is 9.47 Å². The standard InChI is InChI=1S/C11H22O3/c1-5-13-9-10(12)14-8-6-7-11(2,3)4/h5-9H2,1-4H3. The predicted molar refractivity (Wildman–Crippen MR) is 56.1 cm³/mol. The van der Waals surface area contributed by atoms with Gasteiger partial charge in [-0.3, -0.25) is 0 Å². The fourth-order valence-corrected chi connectivity index (χ4v) is 1.02. The van der Waals surface area contributed by atoms with E-state index in [1.54, 1.807) is 0 Å². The van der Waals surface area contributed by atoms with E-state index in [9.17, 15) is 4.79 Å². The van der Waals surface area contributed by atoms with Crippen LogP contribution in [0.5, 0.6) is 0 Å². The summed E-state index contributed by atoms with van der Waals surface area (Å²) in [5.41, 5.74) is 0.312. The van der Waals surface area contributed by atoms with E-state index in [2.05, 4.69) is 20.8 Å². The van der Waals surface area contributed by atoms with Crippen LogP contribution in [-0.4, -0.2) is 25.8 Å². The van der Waals surface area contributed by atoms with Crippen LogP contribution < -0.4 is 0 Å². The van der Waals surface area contributed by atoms with Gasteiger partial charge in [0.25, 0.3) is 0 Å². The molecule has 3 heteroatoms. The molecule has 0 heterocycles. The van der Waals surface area contributed by atoms with Crippen LogP contribution in [0.2, 0.25) is 0 Å². The SMILES string of the molecule is CCOCC(=O)OCCCC(C)(C)C. The van der Waals surface area contributed by atoms with Crippen LogP contribution in [0.25, 0.3) is 0 Å². The number of carbonyl (C=O) groups is 1. The molecule has 0 N–H and O–H groups in total. The van der Waals surface area contributed by atoms with Crippen LogP contribution in [0.3, 0.4) is 0 Å². The van der Waals surface area contributed by atoms with Gasteiger partial charge in [-0.05, 0) is 25.2 Å². The zero-order chi connectivity index (χ0) is 11.0. The normalized spacial score (nSPS) is 11.4. The molecule has 0 bridgehead atoms. The van der Waals surface area contributed by atoms with Gasteiger partial charge in [0, 0.05) is 6.61 Å². The Labute approximate surface area is 86.8 Å². The summed E-state index contributed by atoms with van der Waals surface area (Å²) in [6, 6.07) is 0. The Hall–Kier alpha value is -0.570. The summed E-state index contributed by atoms with van der Waals surface area (Å²) in [7, 11) is 0. The Morgan fingerprint density at radius 2 is 1.93 bits per heavy atom. The molecule has 0 aliphatic rings. The van der Waals surface area contributed by atoms with Crippen molar-refractivity contribution in [2.24, 2.45) is 5.41 Å². The molecule has 0 rings (SSSR count). The third-order valence-electron chi connectivity index (χ3n) is 1.76. The van der Waals surface area contributed by atoms with Gasteiger partial charge in [-0.2, -0.15) is 0 Å². The molecular formula is C11H22O3. The van der Waals surface area contributed by atoms with Crippen molar-refractivity contribution in [3.63, 3.8) is 0 Å². The van der Waals surface area contributed by atoms with Crippen molar-refractivity contribution in [3.05, 3.63) is 0 Å². The highest BCUT2D eigenvalue weighted by atomic mass is 16.6. The Balaban J connectivity index is 3.32. The van der Waals surface area contributed by atoms with Gasteiger partial charge in [0.2, 0.25) is 0 Å². The molecule has 0 fully saturated rings. The monoisotopic (exact) mass is 202 g/mol. The van der Waals surface area contributed by atoms with Gasteiger partial charge in [-0.15, -0.1) is 0 Å². The molecular weight excluding hydrogens is 180 g/mol. The van der Waals surface area contributed by atoms with Gasteiger partial charge in [0.05, 0.1) is 6.61 Å². The molecule has 0 spiro atoms. The van der Waals surface area contributed by atoms with Crippen LogP contribution in [0.1, 0.15) is 40.5 Å². The molecule has 0 aromatic carbocycles. The first-order valence-corrected chi connectivity index (χ1v) is 5.19. The minimum atomic E-state index is -0.263. The largest absolute Gasteiger partial charge is 0.464 e. The lowest BCUT2D eigenvalue weighted by Gasteiger charge is -2.17. The summed E-state index contributed by atoms with van der Waals surface area (Å²) < 4.78 is 9.89. The van der Waals surface area contributed by atoms with Gasteiger partial charge in [0.15, 0.2) is 0 Å². The zero-order valence-electron chi connectivity index (χ0n) is 9.76. The quantitative estimate of drug-likeness (QED) is 0.490. The smallest absolute Gasteiger partial charge is 0.332 e. The number of hydrogen-bond acceptors (Lipinski definition) is 3. The molecule has 0 radical (unpaired) electrons. The number of ether oxygens (including phenoxy) is 2. The first kappa shape index (κ1) is 13.4. The van der Waals surface area contributed by atoms with E-state index in [-0.39, 0.29) is 12.6 Å². The van der Waals surface area contributed by atoms with E-state index >= 15 is 0 Å².